The van der Waals surface area contributed by atoms with Crippen LogP contribution in [0.25, 0.3) is 12.2 Å². The lowest BCUT2D eigenvalue weighted by Gasteiger charge is -2.14. The van der Waals surface area contributed by atoms with E-state index in [4.69, 9.17) is 0 Å². The van der Waals surface area contributed by atoms with Crippen LogP contribution in [0.4, 0.5) is 11.4 Å². The fraction of sp³-hybridized carbons (Fsp3) is 0. The number of hydrogen-bond acceptors (Lipinski definition) is 3. The third-order valence-corrected chi connectivity index (χ3v) is 4.03. The van der Waals surface area contributed by atoms with Crippen molar-refractivity contribution in [3.05, 3.63) is 95.4 Å². The second-order valence-corrected chi connectivity index (χ2v) is 5.63. The zero-order chi connectivity index (χ0) is 16.4. The topological polar surface area (TPSA) is 41.1 Å². The predicted octanol–water partition coefficient (Wildman–Crippen LogP) is 4.60. The van der Waals surface area contributed by atoms with E-state index < -0.39 is 0 Å². The van der Waals surface area contributed by atoms with Crippen LogP contribution >= 0.6 is 0 Å². The Balaban J connectivity index is 1.63. The summed E-state index contributed by atoms with van der Waals surface area (Å²) in [5, 5.41) is 6.49. The summed E-state index contributed by atoms with van der Waals surface area (Å²) in [6, 6.07) is 15.8. The van der Waals surface area contributed by atoms with Crippen molar-refractivity contribution in [3.8, 4) is 0 Å². The summed E-state index contributed by atoms with van der Waals surface area (Å²) in [4.78, 5) is 12.9. The summed E-state index contributed by atoms with van der Waals surface area (Å²) in [5.41, 5.74) is 5.06. The average Bonchev–Trinajstić information content (AvgIpc) is 2.96. The minimum absolute atomic E-state index is 0.0716. The van der Waals surface area contributed by atoms with E-state index in [1.807, 2.05) is 85.0 Å². The lowest BCUT2D eigenvalue weighted by atomic mass is 10.1. The van der Waals surface area contributed by atoms with Crippen molar-refractivity contribution in [2.45, 2.75) is 0 Å². The van der Waals surface area contributed by atoms with E-state index in [1.54, 1.807) is 0 Å². The van der Waals surface area contributed by atoms with Gasteiger partial charge < -0.3 is 10.6 Å². The van der Waals surface area contributed by atoms with Crippen molar-refractivity contribution in [2.75, 3.05) is 10.6 Å². The Bertz CT molecular complexity index is 857. The van der Waals surface area contributed by atoms with Crippen LogP contribution in [0.15, 0.2) is 84.2 Å². The SMILES string of the molecule is O=C(C1=CC=Cc2ccccc2N1)C1=CC=Cc2ccccc2N1. The van der Waals surface area contributed by atoms with Gasteiger partial charge in [-0.3, -0.25) is 4.79 Å². The van der Waals surface area contributed by atoms with Gasteiger partial charge in [0.05, 0.1) is 11.4 Å². The first-order valence-corrected chi connectivity index (χ1v) is 7.85. The Hall–Kier alpha value is -3.33. The number of hydrogen-bond donors (Lipinski definition) is 2. The maximum atomic E-state index is 12.9. The van der Waals surface area contributed by atoms with Crippen LogP contribution in [0.5, 0.6) is 0 Å². The molecule has 0 radical (unpaired) electrons. The number of carbonyl (C=O) groups excluding carboxylic acids is 1. The Kier molecular flexibility index (Phi) is 3.60. The predicted molar refractivity (Wildman–Crippen MR) is 99.4 cm³/mol. The highest BCUT2D eigenvalue weighted by Crippen LogP contribution is 2.25. The minimum Gasteiger partial charge on any atom is -0.352 e. The molecule has 2 N–H and O–H groups in total. The van der Waals surface area contributed by atoms with Gasteiger partial charge in [0.2, 0.25) is 5.78 Å². The quantitative estimate of drug-likeness (QED) is 0.851. The fourth-order valence-corrected chi connectivity index (χ4v) is 2.79. The third-order valence-electron chi connectivity index (χ3n) is 4.03. The van der Waals surface area contributed by atoms with E-state index in [9.17, 15) is 4.79 Å². The molecule has 0 atom stereocenters. The van der Waals surface area contributed by atoms with Gasteiger partial charge in [-0.2, -0.15) is 0 Å². The van der Waals surface area contributed by atoms with Crippen LogP contribution < -0.4 is 10.6 Å². The van der Waals surface area contributed by atoms with E-state index in [0.29, 0.717) is 11.4 Å². The van der Waals surface area contributed by atoms with Crippen molar-refractivity contribution < 1.29 is 4.79 Å². The van der Waals surface area contributed by atoms with Crippen LogP contribution in [0, 0.1) is 0 Å². The number of fused-ring (bicyclic) bond motifs is 2. The summed E-state index contributed by atoms with van der Waals surface area (Å²) in [5.74, 6) is -0.0716. The lowest BCUT2D eigenvalue weighted by molar-refractivity contribution is -0.112. The molecule has 0 saturated heterocycles. The van der Waals surface area contributed by atoms with Crippen LogP contribution in [-0.2, 0) is 4.79 Å². The number of para-hydroxylation sites is 2. The largest absolute Gasteiger partial charge is 0.352 e. The average molecular weight is 312 g/mol. The van der Waals surface area contributed by atoms with E-state index in [-0.39, 0.29) is 5.78 Å². The molecule has 0 fully saturated rings. The number of nitrogens with one attached hydrogen (secondary N) is 2. The van der Waals surface area contributed by atoms with E-state index in [2.05, 4.69) is 10.6 Å². The fourth-order valence-electron chi connectivity index (χ4n) is 2.79. The maximum absolute atomic E-state index is 12.9. The van der Waals surface area contributed by atoms with Gasteiger partial charge in [0.15, 0.2) is 0 Å². The molecule has 0 aromatic heterocycles. The monoisotopic (exact) mass is 312 g/mol. The smallest absolute Gasteiger partial charge is 0.225 e. The van der Waals surface area contributed by atoms with Gasteiger partial charge >= 0.3 is 0 Å². The molecule has 2 aromatic carbocycles. The number of anilines is 2. The van der Waals surface area contributed by atoms with E-state index >= 15 is 0 Å². The summed E-state index contributed by atoms with van der Waals surface area (Å²) in [7, 11) is 0. The molecule has 2 heterocycles. The normalized spacial score (nSPS) is 14.8. The van der Waals surface area contributed by atoms with Crippen LogP contribution in [0.2, 0.25) is 0 Å². The molecule has 3 nitrogen and oxygen atoms in total. The molecular weight excluding hydrogens is 296 g/mol. The lowest BCUT2D eigenvalue weighted by Crippen LogP contribution is -2.18. The first-order chi connectivity index (χ1) is 11.8. The van der Waals surface area contributed by atoms with E-state index in [1.165, 1.54) is 0 Å². The Morgan fingerprint density at radius 1 is 0.667 bits per heavy atom. The Morgan fingerprint density at radius 3 is 1.62 bits per heavy atom. The molecule has 3 heteroatoms. The highest BCUT2D eigenvalue weighted by Gasteiger charge is 2.18. The highest BCUT2D eigenvalue weighted by molar-refractivity contribution is 6.13. The van der Waals surface area contributed by atoms with Crippen molar-refractivity contribution in [3.63, 3.8) is 0 Å². The van der Waals surface area contributed by atoms with Crippen molar-refractivity contribution in [1.82, 2.24) is 0 Å². The summed E-state index contributed by atoms with van der Waals surface area (Å²) >= 11 is 0. The number of ketones is 1. The Morgan fingerprint density at radius 2 is 1.12 bits per heavy atom. The summed E-state index contributed by atoms with van der Waals surface area (Å²) in [6.45, 7) is 0. The molecule has 2 aliphatic heterocycles. The molecule has 116 valence electrons. The zero-order valence-corrected chi connectivity index (χ0v) is 13.0. The molecule has 2 aliphatic rings. The number of benzene rings is 2. The molecule has 4 rings (SSSR count). The minimum atomic E-state index is -0.0716. The third kappa shape index (κ3) is 2.68. The first kappa shape index (κ1) is 14.3. The van der Waals surface area contributed by atoms with Gasteiger partial charge in [0.25, 0.3) is 0 Å². The van der Waals surface area contributed by atoms with Crippen LogP contribution in [0.3, 0.4) is 0 Å². The van der Waals surface area contributed by atoms with Crippen molar-refractivity contribution in [2.24, 2.45) is 0 Å². The summed E-state index contributed by atoms with van der Waals surface area (Å²) < 4.78 is 0. The van der Waals surface area contributed by atoms with Gasteiger partial charge in [-0.15, -0.1) is 0 Å². The van der Waals surface area contributed by atoms with Crippen molar-refractivity contribution in [1.29, 1.82) is 0 Å². The van der Waals surface area contributed by atoms with Crippen molar-refractivity contribution >= 4 is 29.3 Å². The first-order valence-electron chi connectivity index (χ1n) is 7.85. The highest BCUT2D eigenvalue weighted by atomic mass is 16.1. The van der Waals surface area contributed by atoms with E-state index in [0.717, 1.165) is 22.5 Å². The van der Waals surface area contributed by atoms with Crippen LogP contribution in [-0.4, -0.2) is 5.78 Å². The molecular formula is C21H16N2O. The number of rotatable bonds is 2. The molecule has 0 amide bonds. The zero-order valence-electron chi connectivity index (χ0n) is 13.0. The number of allylic oxidation sites excluding steroid dienone is 4. The molecule has 2 aromatic rings. The molecule has 0 unspecified atom stereocenters. The van der Waals surface area contributed by atoms with Gasteiger partial charge in [0, 0.05) is 11.4 Å². The Labute approximate surface area is 140 Å². The van der Waals surface area contributed by atoms with Crippen LogP contribution in [0.1, 0.15) is 11.1 Å². The van der Waals surface area contributed by atoms with Gasteiger partial charge in [-0.05, 0) is 35.4 Å². The molecule has 0 bridgehead atoms. The van der Waals surface area contributed by atoms with Gasteiger partial charge in [-0.1, -0.05) is 60.7 Å². The molecule has 0 saturated carbocycles. The second-order valence-electron chi connectivity index (χ2n) is 5.63. The molecule has 0 aliphatic carbocycles. The van der Waals surface area contributed by atoms with Gasteiger partial charge in [0.1, 0.15) is 0 Å². The summed E-state index contributed by atoms with van der Waals surface area (Å²) in [6.07, 6.45) is 11.4. The van der Waals surface area contributed by atoms with Gasteiger partial charge in [-0.25, -0.2) is 0 Å². The maximum Gasteiger partial charge on any atom is 0.225 e. The molecule has 0 spiro atoms. The molecule has 24 heavy (non-hydrogen) atoms. The number of Topliss-reactive ketones (excluding diaryl/α,β-unsaturated/α-hetero) is 1. The number of carbonyl (C=O) groups is 1. The standard InChI is InChI=1S/C21H16N2O/c24-21(19-13-5-9-15-7-1-3-11-17(15)22-19)20-14-6-10-16-8-2-4-12-18(16)23-20/h1-14,22-23H. The second kappa shape index (κ2) is 6.05.